The van der Waals surface area contributed by atoms with E-state index >= 15 is 0 Å². The smallest absolute Gasteiger partial charge is 0.187 e. The second-order valence-electron chi connectivity index (χ2n) is 11.1. The Hall–Kier alpha value is -6.39. The van der Waals surface area contributed by atoms with Crippen LogP contribution in [0.15, 0.2) is 115 Å². The lowest BCUT2D eigenvalue weighted by atomic mass is 10.1. The van der Waals surface area contributed by atoms with Crippen molar-refractivity contribution in [2.75, 3.05) is 0 Å². The summed E-state index contributed by atoms with van der Waals surface area (Å²) in [6.45, 7) is 7.61. The number of rotatable bonds is 2. The minimum atomic E-state index is 0.582. The number of para-hydroxylation sites is 1. The highest BCUT2D eigenvalue weighted by Crippen LogP contribution is 2.44. The highest BCUT2D eigenvalue weighted by molar-refractivity contribution is 7.26. The minimum Gasteiger partial charge on any atom is -0.309 e. The van der Waals surface area contributed by atoms with Crippen molar-refractivity contribution in [3.63, 3.8) is 0 Å². The van der Waals surface area contributed by atoms with Gasteiger partial charge in [0, 0.05) is 47.7 Å². The van der Waals surface area contributed by atoms with Crippen molar-refractivity contribution in [3.8, 4) is 23.5 Å². The van der Waals surface area contributed by atoms with Crippen LogP contribution < -0.4 is 0 Å². The van der Waals surface area contributed by atoms with Gasteiger partial charge in [-0.3, -0.25) is 0 Å². The zero-order chi connectivity index (χ0) is 30.2. The quantitative estimate of drug-likeness (QED) is 0.188. The fraction of sp³-hybridized carbons (Fsp3) is 0. The molecule has 0 saturated heterocycles. The number of hydrogen-bond donors (Lipinski definition) is 0. The number of fused-ring (bicyclic) bond motifs is 10. The number of aromatic nitrogens is 2. The zero-order valence-electron chi connectivity index (χ0n) is 23.6. The van der Waals surface area contributed by atoms with Gasteiger partial charge in [-0.2, -0.15) is 10.5 Å². The minimum absolute atomic E-state index is 0.582. The van der Waals surface area contributed by atoms with E-state index in [2.05, 4.69) is 92.8 Å². The van der Waals surface area contributed by atoms with Gasteiger partial charge >= 0.3 is 0 Å². The van der Waals surface area contributed by atoms with E-state index in [1.54, 1.807) is 11.3 Å². The fourth-order valence-electron chi connectivity index (χ4n) is 6.87. The first-order chi connectivity index (χ1) is 22.2. The Labute approximate surface area is 261 Å². The molecule has 0 N–H and O–H groups in total. The van der Waals surface area contributed by atoms with Crippen LogP contribution in [0.25, 0.3) is 80.0 Å². The van der Waals surface area contributed by atoms with E-state index in [0.29, 0.717) is 16.8 Å². The van der Waals surface area contributed by atoms with Crippen molar-refractivity contribution in [2.45, 2.75) is 0 Å². The summed E-state index contributed by atoms with van der Waals surface area (Å²) >= 11 is 1.76. The van der Waals surface area contributed by atoms with Crippen molar-refractivity contribution in [1.82, 2.24) is 9.13 Å². The Kier molecular flexibility index (Phi) is 5.20. The molecule has 6 heteroatoms. The molecule has 0 aliphatic heterocycles. The molecule has 3 aromatic heterocycles. The summed E-state index contributed by atoms with van der Waals surface area (Å²) < 4.78 is 6.91. The number of benzene rings is 6. The maximum absolute atomic E-state index is 9.62. The Bertz CT molecular complexity index is 2790. The van der Waals surface area contributed by atoms with Crippen LogP contribution in [0.1, 0.15) is 11.1 Å². The molecule has 0 amide bonds. The molecule has 0 spiro atoms. The first-order valence-electron chi connectivity index (χ1n) is 14.4. The van der Waals surface area contributed by atoms with Gasteiger partial charge in [-0.25, -0.2) is 4.85 Å². The topological polar surface area (TPSA) is 61.8 Å². The third-order valence-corrected chi connectivity index (χ3v) is 9.89. The number of nitrogens with zero attached hydrogens (tertiary/aromatic N) is 5. The lowest BCUT2D eigenvalue weighted by Crippen LogP contribution is -1.98. The summed E-state index contributed by atoms with van der Waals surface area (Å²) in [5, 5.41) is 25.8. The monoisotopic (exact) mass is 589 g/mol. The Morgan fingerprint density at radius 2 is 1.16 bits per heavy atom. The molecule has 6 aromatic carbocycles. The molecule has 0 bridgehead atoms. The van der Waals surface area contributed by atoms with Crippen LogP contribution in [0.2, 0.25) is 0 Å². The van der Waals surface area contributed by atoms with Crippen molar-refractivity contribution < 1.29 is 0 Å². The highest BCUT2D eigenvalue weighted by Gasteiger charge is 2.19. The summed E-state index contributed by atoms with van der Waals surface area (Å²) in [7, 11) is 0. The second-order valence-corrected chi connectivity index (χ2v) is 12.2. The van der Waals surface area contributed by atoms with E-state index in [0.717, 1.165) is 49.6 Å². The van der Waals surface area contributed by atoms with Crippen LogP contribution in [0.3, 0.4) is 0 Å². The molecule has 5 nitrogen and oxygen atoms in total. The average Bonchev–Trinajstić information content (AvgIpc) is 3.74. The largest absolute Gasteiger partial charge is 0.309 e. The van der Waals surface area contributed by atoms with E-state index in [9.17, 15) is 10.5 Å². The predicted octanol–water partition coefficient (Wildman–Crippen LogP) is 10.5. The molecule has 0 aliphatic rings. The molecule has 0 fully saturated rings. The molecule has 9 rings (SSSR count). The Morgan fingerprint density at radius 1 is 0.533 bits per heavy atom. The normalized spacial score (nSPS) is 11.5. The molecule has 3 heterocycles. The standard InChI is InChI=1S/C39H19N5S/c1-42-25-11-15-36-31(19-25)39-37(45-36)16-14-35-38(39)28-7-2-3-8-32(28)44(35)27-6-4-5-26(20-27)43-33-12-9-23(21-40)17-29(33)30-18-24(22-41)10-13-34(30)43/h2-20H. The van der Waals surface area contributed by atoms with Crippen LogP contribution in [-0.4, -0.2) is 9.13 Å². The number of nitriles is 2. The molecular formula is C39H19N5S. The lowest BCUT2D eigenvalue weighted by molar-refractivity contribution is 1.13. The molecule has 45 heavy (non-hydrogen) atoms. The van der Waals surface area contributed by atoms with Gasteiger partial charge in [0.25, 0.3) is 0 Å². The van der Waals surface area contributed by atoms with E-state index in [-0.39, 0.29) is 0 Å². The molecule has 206 valence electrons. The number of thiophene rings is 1. The van der Waals surface area contributed by atoms with Crippen molar-refractivity contribution in [1.29, 1.82) is 10.5 Å². The van der Waals surface area contributed by atoms with Crippen LogP contribution in [0.4, 0.5) is 5.69 Å². The maximum atomic E-state index is 9.62. The van der Waals surface area contributed by atoms with E-state index in [1.807, 2.05) is 48.5 Å². The van der Waals surface area contributed by atoms with Gasteiger partial charge in [-0.1, -0.05) is 36.4 Å². The summed E-state index contributed by atoms with van der Waals surface area (Å²) in [4.78, 5) is 3.71. The summed E-state index contributed by atoms with van der Waals surface area (Å²) in [6, 6.07) is 43.4. The SMILES string of the molecule is [C-]#[N+]c1ccc2sc3ccc4c(c5ccccc5n4-c4cccc(-n5c6ccc(C#N)cc6c6cc(C#N)ccc65)c4)c3c2c1. The second kappa shape index (κ2) is 9.30. The van der Waals surface area contributed by atoms with Crippen molar-refractivity contribution >= 4 is 80.8 Å². The number of hydrogen-bond acceptors (Lipinski definition) is 3. The van der Waals surface area contributed by atoms with E-state index in [1.165, 1.54) is 25.6 Å². The summed E-state index contributed by atoms with van der Waals surface area (Å²) in [5.41, 5.74) is 7.98. The van der Waals surface area contributed by atoms with Crippen LogP contribution in [0, 0.1) is 29.2 Å². The highest BCUT2D eigenvalue weighted by atomic mass is 32.1. The predicted molar refractivity (Wildman–Crippen MR) is 184 cm³/mol. The van der Waals surface area contributed by atoms with Crippen LogP contribution in [-0.2, 0) is 0 Å². The van der Waals surface area contributed by atoms with E-state index in [4.69, 9.17) is 6.57 Å². The first kappa shape index (κ1) is 25.1. The van der Waals surface area contributed by atoms with Gasteiger partial charge in [0.1, 0.15) is 0 Å². The fourth-order valence-corrected chi connectivity index (χ4v) is 7.97. The molecule has 0 saturated carbocycles. The molecule has 0 atom stereocenters. The third-order valence-electron chi connectivity index (χ3n) is 8.75. The molecule has 0 unspecified atom stereocenters. The van der Waals surface area contributed by atoms with Crippen LogP contribution >= 0.6 is 11.3 Å². The van der Waals surface area contributed by atoms with Crippen molar-refractivity contribution in [3.05, 3.63) is 138 Å². The first-order valence-corrected chi connectivity index (χ1v) is 15.2. The Morgan fingerprint density at radius 3 is 1.84 bits per heavy atom. The average molecular weight is 590 g/mol. The lowest BCUT2D eigenvalue weighted by Gasteiger charge is -2.13. The van der Waals surface area contributed by atoms with Gasteiger partial charge in [-0.15, -0.1) is 11.3 Å². The molecule has 0 radical (unpaired) electrons. The van der Waals surface area contributed by atoms with Gasteiger partial charge in [0.15, 0.2) is 5.69 Å². The summed E-state index contributed by atoms with van der Waals surface area (Å²) in [6.07, 6.45) is 0. The van der Waals surface area contributed by atoms with Gasteiger partial charge in [-0.05, 0) is 84.2 Å². The van der Waals surface area contributed by atoms with E-state index < -0.39 is 0 Å². The van der Waals surface area contributed by atoms with Gasteiger partial charge < -0.3 is 9.13 Å². The molecule has 9 aromatic rings. The van der Waals surface area contributed by atoms with Crippen molar-refractivity contribution in [2.24, 2.45) is 0 Å². The zero-order valence-corrected chi connectivity index (χ0v) is 24.4. The van der Waals surface area contributed by atoms with Gasteiger partial charge in [0.05, 0.1) is 51.9 Å². The third kappa shape index (κ3) is 3.51. The molecule has 0 aliphatic carbocycles. The Balaban J connectivity index is 1.35. The van der Waals surface area contributed by atoms with Gasteiger partial charge in [0.2, 0.25) is 0 Å². The summed E-state index contributed by atoms with van der Waals surface area (Å²) in [5.74, 6) is 0. The van der Waals surface area contributed by atoms with Crippen LogP contribution in [0.5, 0.6) is 0 Å². The maximum Gasteiger partial charge on any atom is 0.187 e. The molecular weight excluding hydrogens is 571 g/mol.